The minimum Gasteiger partial charge on any atom is -0.117 e. The van der Waals surface area contributed by atoms with Crippen LogP contribution < -0.4 is 0 Å². The van der Waals surface area contributed by atoms with Crippen molar-refractivity contribution in [2.24, 2.45) is 0 Å². The van der Waals surface area contributed by atoms with E-state index < -0.39 is 5.38 Å². The molecule has 66 valence electrons. The van der Waals surface area contributed by atoms with Gasteiger partial charge in [-0.1, -0.05) is 11.8 Å². The second-order valence-corrected chi connectivity index (χ2v) is 3.74. The molecular weight excluding hydrogens is 206 g/mol. The van der Waals surface area contributed by atoms with E-state index in [1.807, 2.05) is 0 Å². The summed E-state index contributed by atoms with van der Waals surface area (Å²) in [5.41, 5.74) is 0. The van der Waals surface area contributed by atoms with Crippen molar-refractivity contribution < 1.29 is 1.37 Å². The molecule has 0 aromatic carbocycles. The molecule has 0 N–H and O–H groups in total. The molecule has 2 unspecified atom stereocenters. The monoisotopic (exact) mass is 216 g/mol. The third kappa shape index (κ3) is 10.7. The van der Waals surface area contributed by atoms with Crippen LogP contribution in [0.2, 0.25) is 0 Å². The van der Waals surface area contributed by atoms with Crippen LogP contribution in [0.1, 0.15) is 8.29 Å². The van der Waals surface area contributed by atoms with E-state index in [0.717, 1.165) is 0 Å². The predicted octanol–water partition coefficient (Wildman–Crippen LogP) is 1.10. The first-order valence-corrected chi connectivity index (χ1v) is 4.73. The summed E-state index contributed by atoms with van der Waals surface area (Å²) in [5.74, 6) is 25.3. The van der Waals surface area contributed by atoms with Gasteiger partial charge in [0.15, 0.2) is 0 Å². The van der Waals surface area contributed by atoms with Gasteiger partial charge in [-0.25, -0.2) is 0 Å². The molecule has 0 fully saturated rings. The highest BCUT2D eigenvalue weighted by Crippen LogP contribution is 2.04. The lowest BCUT2D eigenvalue weighted by Gasteiger charge is -1.82. The Kier molecular flexibility index (Phi) is 7.48. The van der Waals surface area contributed by atoms with E-state index in [2.05, 4.69) is 77.7 Å². The molecule has 0 bridgehead atoms. The van der Waals surface area contributed by atoms with Crippen LogP contribution in [0.25, 0.3) is 0 Å². The number of hydrogen-bond donors (Lipinski definition) is 0. The van der Waals surface area contributed by atoms with Crippen LogP contribution in [0.5, 0.6) is 0 Å². The van der Waals surface area contributed by atoms with Gasteiger partial charge in [-0.15, -0.1) is 18.5 Å². The maximum atomic E-state index is 7.34. The summed E-state index contributed by atoms with van der Waals surface area (Å²) in [4.78, 5) is 0. The third-order valence-electron chi connectivity index (χ3n) is 0.769. The summed E-state index contributed by atoms with van der Waals surface area (Å²) >= 11 is 0. The molecule has 0 rings (SSSR count). The highest BCUT2D eigenvalue weighted by atomic mass is 31.1. The number of rotatable bonds is 0. The molecule has 0 saturated carbocycles. The fourth-order valence-electron chi connectivity index (χ4n) is 0.353. The Morgan fingerprint density at radius 3 is 1.71 bits per heavy atom. The first-order valence-electron chi connectivity index (χ1n) is 4.08. The quantitative estimate of drug-likeness (QED) is 0.420. The lowest BCUT2D eigenvalue weighted by molar-refractivity contribution is 1.81. The average Bonchev–Trinajstić information content (AvgIpc) is 2.14. The van der Waals surface area contributed by atoms with Gasteiger partial charge in [0.2, 0.25) is 0 Å². The smallest absolute Gasteiger partial charge is 0.0528 e. The average molecular weight is 216 g/mol. The molecule has 0 radical (unpaired) electrons. The highest BCUT2D eigenvalue weighted by molar-refractivity contribution is 7.38. The molecule has 0 aliphatic heterocycles. The zero-order chi connectivity index (χ0) is 11.6. The predicted molar refractivity (Wildman–Crippen MR) is 67.8 cm³/mol. The first-order chi connectivity index (χ1) is 7.06. The lowest BCUT2D eigenvalue weighted by Crippen LogP contribution is -1.71. The SMILES string of the molecule is [3H]C(P)(P)C#CC#CC#CC#CC#CC. The van der Waals surface area contributed by atoms with Gasteiger partial charge >= 0.3 is 0 Å². The Hall–Kier alpha value is -1.34. The van der Waals surface area contributed by atoms with Gasteiger partial charge in [-0.2, -0.15) is 0 Å². The molecule has 0 aromatic heterocycles. The summed E-state index contributed by atoms with van der Waals surface area (Å²) in [6.45, 7) is 1.70. The van der Waals surface area contributed by atoms with E-state index in [1.165, 1.54) is 0 Å². The van der Waals surface area contributed by atoms with E-state index in [-0.39, 0.29) is 0 Å². The van der Waals surface area contributed by atoms with Crippen molar-refractivity contribution in [1.82, 2.24) is 0 Å². The maximum Gasteiger partial charge on any atom is 0.0528 e. The van der Waals surface area contributed by atoms with Crippen molar-refractivity contribution >= 4 is 18.5 Å². The molecule has 0 spiro atoms. The van der Waals surface area contributed by atoms with Crippen molar-refractivity contribution in [2.45, 2.75) is 12.3 Å². The van der Waals surface area contributed by atoms with Crippen LogP contribution in [0.4, 0.5) is 0 Å². The van der Waals surface area contributed by atoms with Gasteiger partial charge in [-0.05, 0) is 54.3 Å². The van der Waals surface area contributed by atoms with Gasteiger partial charge in [-0.3, -0.25) is 0 Å². The van der Waals surface area contributed by atoms with Crippen molar-refractivity contribution in [3.05, 3.63) is 0 Å². The fraction of sp³-hybridized carbons (Fsp3) is 0.167. The summed E-state index contributed by atoms with van der Waals surface area (Å²) in [6.07, 6.45) is 0. The Labute approximate surface area is 91.8 Å². The Balaban J connectivity index is 4.27. The zero-order valence-electron chi connectivity index (χ0n) is 8.65. The summed E-state index contributed by atoms with van der Waals surface area (Å²) < 4.78 is 7.34. The van der Waals surface area contributed by atoms with Crippen LogP contribution >= 0.6 is 18.5 Å². The highest BCUT2D eigenvalue weighted by Gasteiger charge is 1.77. The molecule has 0 aromatic rings. The molecule has 14 heavy (non-hydrogen) atoms. The van der Waals surface area contributed by atoms with Crippen LogP contribution in [0.3, 0.4) is 0 Å². The third-order valence-corrected chi connectivity index (χ3v) is 1.06. The molecule has 0 heterocycles. The van der Waals surface area contributed by atoms with Crippen molar-refractivity contribution in [3.8, 4) is 59.2 Å². The Morgan fingerprint density at radius 2 is 1.29 bits per heavy atom. The van der Waals surface area contributed by atoms with E-state index in [9.17, 15) is 0 Å². The molecular formula is C12H8P2. The molecule has 0 aliphatic carbocycles. The molecule has 2 heteroatoms. The van der Waals surface area contributed by atoms with Crippen LogP contribution in [0.15, 0.2) is 0 Å². The normalized spacial score (nSPS) is 7.21. The molecule has 0 saturated heterocycles. The molecule has 0 nitrogen and oxygen atoms in total. The second-order valence-electron chi connectivity index (χ2n) is 1.83. The van der Waals surface area contributed by atoms with Gasteiger partial charge in [0.25, 0.3) is 0 Å². The minimum atomic E-state index is -0.932. The first kappa shape index (κ1) is 10.7. The minimum absolute atomic E-state index is 0.932. The topological polar surface area (TPSA) is 0 Å². The maximum absolute atomic E-state index is 7.34. The van der Waals surface area contributed by atoms with Crippen molar-refractivity contribution in [1.29, 1.82) is 0 Å². The molecule has 0 aliphatic rings. The standard InChI is InChI=1S/C12H8P2/c1-2-3-4-5-6-7-8-9-10-11-12(13)14/h12H,13-14H2,1H3/i12T. The lowest BCUT2D eigenvalue weighted by atomic mass is 10.5. The van der Waals surface area contributed by atoms with Crippen molar-refractivity contribution in [2.75, 3.05) is 0 Å². The van der Waals surface area contributed by atoms with E-state index in [4.69, 9.17) is 1.37 Å². The second kappa shape index (κ2) is 9.75. The molecule has 2 atom stereocenters. The van der Waals surface area contributed by atoms with Gasteiger partial charge < -0.3 is 0 Å². The summed E-state index contributed by atoms with van der Waals surface area (Å²) in [6, 6.07) is 0. The van der Waals surface area contributed by atoms with Crippen LogP contribution in [-0.4, -0.2) is 5.38 Å². The van der Waals surface area contributed by atoms with Crippen LogP contribution in [0, 0.1) is 59.2 Å². The van der Waals surface area contributed by atoms with E-state index in [0.29, 0.717) is 0 Å². The largest absolute Gasteiger partial charge is 0.117 e. The van der Waals surface area contributed by atoms with Gasteiger partial charge in [0.05, 0.1) is 1.37 Å². The van der Waals surface area contributed by atoms with Crippen molar-refractivity contribution in [3.63, 3.8) is 0 Å². The van der Waals surface area contributed by atoms with E-state index in [1.54, 1.807) is 6.92 Å². The van der Waals surface area contributed by atoms with Gasteiger partial charge in [0.1, 0.15) is 0 Å². The summed E-state index contributed by atoms with van der Waals surface area (Å²) in [7, 11) is 4.51. The van der Waals surface area contributed by atoms with E-state index >= 15 is 0 Å². The van der Waals surface area contributed by atoms with Crippen LogP contribution in [-0.2, 0) is 0 Å². The summed E-state index contributed by atoms with van der Waals surface area (Å²) in [5, 5.41) is -0.932. The molecule has 0 amide bonds. The zero-order valence-corrected chi connectivity index (χ0v) is 9.96. The fourth-order valence-corrected chi connectivity index (χ4v) is 0.498. The van der Waals surface area contributed by atoms with Gasteiger partial charge in [0, 0.05) is 5.38 Å². The Morgan fingerprint density at radius 1 is 0.857 bits per heavy atom. The number of hydrogen-bond acceptors (Lipinski definition) is 0. The Bertz CT molecular complexity index is 511.